The van der Waals surface area contributed by atoms with Crippen molar-refractivity contribution < 1.29 is 21.9 Å². The zero-order chi connectivity index (χ0) is 12.5. The van der Waals surface area contributed by atoms with E-state index in [-0.39, 0.29) is 3.57 Å². The van der Waals surface area contributed by atoms with Crippen LogP contribution >= 0.6 is 22.6 Å². The van der Waals surface area contributed by atoms with Gasteiger partial charge in [-0.25, -0.2) is 27.3 Å². The number of nitrogens with two attached hydrogens (primary N) is 1. The Morgan fingerprint density at radius 3 is 2.50 bits per heavy atom. The summed E-state index contributed by atoms with van der Waals surface area (Å²) in [5.41, 5.74) is -0.685. The molecule has 0 spiro atoms. The lowest BCUT2D eigenvalue weighted by Crippen LogP contribution is -2.17. The molecule has 0 atom stereocenters. The average Bonchev–Trinajstić information content (AvgIpc) is 2.15. The van der Waals surface area contributed by atoms with E-state index >= 15 is 0 Å². The number of alkyl halides is 2. The lowest BCUT2D eigenvalue weighted by atomic mass is 10.3. The molecule has 0 aliphatic heterocycles. The first kappa shape index (κ1) is 13.5. The van der Waals surface area contributed by atoms with Crippen molar-refractivity contribution in [1.29, 1.82) is 0 Å². The smallest absolute Gasteiger partial charge is 0.266 e. The van der Waals surface area contributed by atoms with Crippen molar-refractivity contribution in [3.05, 3.63) is 15.3 Å². The van der Waals surface area contributed by atoms with Crippen LogP contribution in [-0.4, -0.2) is 20.5 Å². The SMILES string of the molecule is COc1ncc(I)c(C(F)F)c1S(N)(=O)=O. The highest BCUT2D eigenvalue weighted by molar-refractivity contribution is 14.1. The lowest BCUT2D eigenvalue weighted by Gasteiger charge is -2.11. The maximum absolute atomic E-state index is 12.7. The first-order valence-corrected chi connectivity index (χ1v) is 6.45. The molecular weight excluding hydrogens is 357 g/mol. The third kappa shape index (κ3) is 2.58. The number of ether oxygens (including phenoxy) is 1. The van der Waals surface area contributed by atoms with E-state index in [2.05, 4.69) is 9.72 Å². The monoisotopic (exact) mass is 364 g/mol. The van der Waals surface area contributed by atoms with Gasteiger partial charge in [0.05, 0.1) is 12.7 Å². The molecule has 1 rings (SSSR count). The lowest BCUT2D eigenvalue weighted by molar-refractivity contribution is 0.145. The Morgan fingerprint density at radius 1 is 1.56 bits per heavy atom. The van der Waals surface area contributed by atoms with Gasteiger partial charge in [-0.15, -0.1) is 0 Å². The van der Waals surface area contributed by atoms with Crippen molar-refractivity contribution in [2.75, 3.05) is 7.11 Å². The minimum atomic E-state index is -4.32. The van der Waals surface area contributed by atoms with Crippen LogP contribution in [-0.2, 0) is 10.0 Å². The van der Waals surface area contributed by atoms with E-state index in [9.17, 15) is 17.2 Å². The molecule has 0 amide bonds. The quantitative estimate of drug-likeness (QED) is 0.820. The fraction of sp³-hybridized carbons (Fsp3) is 0.286. The molecule has 0 saturated carbocycles. The summed E-state index contributed by atoms with van der Waals surface area (Å²) in [5, 5.41) is 4.86. The van der Waals surface area contributed by atoms with Crippen LogP contribution in [0.3, 0.4) is 0 Å². The van der Waals surface area contributed by atoms with Crippen molar-refractivity contribution >= 4 is 32.6 Å². The third-order valence-corrected chi connectivity index (χ3v) is 3.51. The van der Waals surface area contributed by atoms with Crippen LogP contribution in [0, 0.1) is 3.57 Å². The van der Waals surface area contributed by atoms with Gasteiger partial charge in [0.25, 0.3) is 6.43 Å². The van der Waals surface area contributed by atoms with Crippen molar-refractivity contribution in [3.8, 4) is 5.88 Å². The molecule has 1 aromatic heterocycles. The van der Waals surface area contributed by atoms with Crippen LogP contribution in [0.15, 0.2) is 11.1 Å². The highest BCUT2D eigenvalue weighted by Gasteiger charge is 2.28. The number of pyridine rings is 1. The second-order valence-corrected chi connectivity index (χ2v) is 5.36. The number of aromatic nitrogens is 1. The minimum absolute atomic E-state index is 0.0115. The van der Waals surface area contributed by atoms with Gasteiger partial charge in [-0.1, -0.05) is 0 Å². The van der Waals surface area contributed by atoms with Gasteiger partial charge in [0.2, 0.25) is 15.9 Å². The van der Waals surface area contributed by atoms with E-state index < -0.39 is 32.8 Å². The Bertz CT molecular complexity index is 507. The van der Waals surface area contributed by atoms with Gasteiger partial charge >= 0.3 is 0 Å². The Hall–Kier alpha value is -0.550. The molecule has 5 nitrogen and oxygen atoms in total. The number of rotatable bonds is 3. The zero-order valence-electron chi connectivity index (χ0n) is 7.95. The maximum atomic E-state index is 12.7. The Morgan fingerprint density at radius 2 is 2.12 bits per heavy atom. The van der Waals surface area contributed by atoms with E-state index in [0.717, 1.165) is 13.3 Å². The number of hydrogen-bond acceptors (Lipinski definition) is 4. The first-order valence-electron chi connectivity index (χ1n) is 3.82. The first-order chi connectivity index (χ1) is 7.29. The highest BCUT2D eigenvalue weighted by atomic mass is 127. The van der Waals surface area contributed by atoms with E-state index in [1.165, 1.54) is 0 Å². The Kier molecular flexibility index (Phi) is 4.02. The second-order valence-electron chi connectivity index (χ2n) is 2.70. The normalized spacial score (nSPS) is 11.9. The zero-order valence-corrected chi connectivity index (χ0v) is 10.9. The number of hydrogen-bond donors (Lipinski definition) is 1. The molecule has 2 N–H and O–H groups in total. The summed E-state index contributed by atoms with van der Waals surface area (Å²) in [6, 6.07) is 0. The largest absolute Gasteiger partial charge is 0.480 e. The fourth-order valence-electron chi connectivity index (χ4n) is 1.09. The molecule has 90 valence electrons. The van der Waals surface area contributed by atoms with Crippen molar-refractivity contribution in [3.63, 3.8) is 0 Å². The standard InChI is InChI=1S/C7H7F2IN2O3S/c1-15-7-5(16(11,13)14)4(6(8)9)3(10)2-12-7/h2,6H,1H3,(H2,11,13,14). The van der Waals surface area contributed by atoms with Gasteiger partial charge in [-0.2, -0.15) is 0 Å². The summed E-state index contributed by atoms with van der Waals surface area (Å²) in [6.45, 7) is 0. The number of primary sulfonamides is 1. The summed E-state index contributed by atoms with van der Waals surface area (Å²) in [4.78, 5) is 2.82. The summed E-state index contributed by atoms with van der Waals surface area (Å²) in [7, 11) is -3.19. The molecule has 0 saturated heterocycles. The molecule has 0 fully saturated rings. The number of nitrogens with zero attached hydrogens (tertiary/aromatic N) is 1. The predicted octanol–water partition coefficient (Wildman–Crippen LogP) is 1.28. The van der Waals surface area contributed by atoms with Crippen LogP contribution in [0.2, 0.25) is 0 Å². The van der Waals surface area contributed by atoms with Gasteiger partial charge in [0.1, 0.15) is 0 Å². The van der Waals surface area contributed by atoms with Crippen LogP contribution in [0.1, 0.15) is 12.0 Å². The maximum Gasteiger partial charge on any atom is 0.266 e. The van der Waals surface area contributed by atoms with Crippen LogP contribution in [0.25, 0.3) is 0 Å². The van der Waals surface area contributed by atoms with E-state index in [4.69, 9.17) is 5.14 Å². The number of halogens is 3. The predicted molar refractivity (Wildman–Crippen MR) is 59.8 cm³/mol. The van der Waals surface area contributed by atoms with Crippen molar-refractivity contribution in [1.82, 2.24) is 4.98 Å². The van der Waals surface area contributed by atoms with Crippen LogP contribution in [0.5, 0.6) is 5.88 Å². The van der Waals surface area contributed by atoms with E-state index in [0.29, 0.717) is 0 Å². The Labute approximate surface area is 104 Å². The molecule has 0 aromatic carbocycles. The molecule has 16 heavy (non-hydrogen) atoms. The molecule has 0 radical (unpaired) electrons. The van der Waals surface area contributed by atoms with E-state index in [1.54, 1.807) is 22.6 Å². The van der Waals surface area contributed by atoms with Gasteiger partial charge in [-0.3, -0.25) is 0 Å². The second kappa shape index (κ2) is 4.75. The molecule has 0 unspecified atom stereocenters. The Balaban J connectivity index is 3.70. The number of sulfonamides is 1. The van der Waals surface area contributed by atoms with Gasteiger partial charge in [0.15, 0.2) is 4.90 Å². The molecule has 0 bridgehead atoms. The van der Waals surface area contributed by atoms with Crippen molar-refractivity contribution in [2.24, 2.45) is 5.14 Å². The summed E-state index contributed by atoms with van der Waals surface area (Å²) >= 11 is 1.56. The average molecular weight is 364 g/mol. The van der Waals surface area contributed by atoms with Crippen molar-refractivity contribution in [2.45, 2.75) is 11.3 Å². The topological polar surface area (TPSA) is 82.3 Å². The highest BCUT2D eigenvalue weighted by Crippen LogP contribution is 2.34. The fourth-order valence-corrected chi connectivity index (χ4v) is 2.80. The van der Waals surface area contributed by atoms with Gasteiger partial charge in [0, 0.05) is 9.77 Å². The summed E-state index contributed by atoms with van der Waals surface area (Å²) in [5.74, 6) is -0.432. The summed E-state index contributed by atoms with van der Waals surface area (Å²) in [6.07, 6.45) is -1.88. The van der Waals surface area contributed by atoms with E-state index in [1.807, 2.05) is 0 Å². The molecule has 1 heterocycles. The number of methoxy groups -OCH3 is 1. The van der Waals surface area contributed by atoms with Crippen LogP contribution in [0.4, 0.5) is 8.78 Å². The molecular formula is C7H7F2IN2O3S. The van der Waals surface area contributed by atoms with Gasteiger partial charge < -0.3 is 4.74 Å². The molecule has 0 aliphatic carbocycles. The third-order valence-electron chi connectivity index (χ3n) is 1.69. The summed E-state index contributed by atoms with van der Waals surface area (Å²) < 4.78 is 52.5. The van der Waals surface area contributed by atoms with Crippen LogP contribution < -0.4 is 9.88 Å². The van der Waals surface area contributed by atoms with Gasteiger partial charge in [-0.05, 0) is 22.6 Å². The molecule has 1 aromatic rings. The molecule has 9 heteroatoms. The minimum Gasteiger partial charge on any atom is -0.480 e. The molecule has 0 aliphatic rings.